The van der Waals surface area contributed by atoms with Crippen LogP contribution in [0.4, 0.5) is 4.39 Å². The topological polar surface area (TPSA) is 29.5 Å². The predicted molar refractivity (Wildman–Crippen MR) is 78.0 cm³/mol. The molecule has 0 bridgehead atoms. The summed E-state index contributed by atoms with van der Waals surface area (Å²) < 4.78 is 19.0. The van der Waals surface area contributed by atoms with Crippen LogP contribution in [0.25, 0.3) is 0 Å². The van der Waals surface area contributed by atoms with Crippen molar-refractivity contribution >= 4 is 11.3 Å². The van der Waals surface area contributed by atoms with E-state index in [4.69, 9.17) is 4.74 Å². The second-order valence-corrected chi connectivity index (χ2v) is 6.26. The fraction of sp³-hybridized carbons (Fsp3) is 0.375. The second-order valence-electron chi connectivity index (χ2n) is 5.09. The molecule has 1 atom stereocenters. The van der Waals surface area contributed by atoms with E-state index in [1.165, 1.54) is 36.5 Å². The number of hydrogen-bond acceptors (Lipinski definition) is 3. The maximum Gasteiger partial charge on any atom is 0.133 e. The molecule has 1 aromatic heterocycles. The predicted octanol–water partition coefficient (Wildman–Crippen LogP) is 3.86. The molecule has 0 radical (unpaired) electrons. The van der Waals surface area contributed by atoms with Crippen LogP contribution in [0.3, 0.4) is 0 Å². The normalized spacial score (nSPS) is 15.8. The zero-order valence-corrected chi connectivity index (χ0v) is 12.2. The first-order valence-corrected chi connectivity index (χ1v) is 7.63. The summed E-state index contributed by atoms with van der Waals surface area (Å²) in [5.74, 6) is 0.0344. The molecule has 3 rings (SSSR count). The summed E-state index contributed by atoms with van der Waals surface area (Å²) in [7, 11) is 1.50. The lowest BCUT2D eigenvalue weighted by atomic mass is 9.98. The number of ether oxygens (including phenoxy) is 1. The SMILES string of the molecule is COc1ccc(C(O)c2cc3c(s2)CCCC3)c(F)c1. The van der Waals surface area contributed by atoms with E-state index < -0.39 is 11.9 Å². The van der Waals surface area contributed by atoms with Gasteiger partial charge in [0.25, 0.3) is 0 Å². The molecule has 0 fully saturated rings. The van der Waals surface area contributed by atoms with Crippen LogP contribution < -0.4 is 4.74 Å². The van der Waals surface area contributed by atoms with Crippen LogP contribution in [0.1, 0.15) is 39.8 Å². The molecule has 20 heavy (non-hydrogen) atoms. The number of thiophene rings is 1. The minimum Gasteiger partial charge on any atom is -0.497 e. The number of aryl methyl sites for hydroxylation is 2. The van der Waals surface area contributed by atoms with Gasteiger partial charge >= 0.3 is 0 Å². The Balaban J connectivity index is 1.92. The van der Waals surface area contributed by atoms with Crippen molar-refractivity contribution < 1.29 is 14.2 Å². The Kier molecular flexibility index (Phi) is 3.76. The lowest BCUT2D eigenvalue weighted by Crippen LogP contribution is -2.01. The van der Waals surface area contributed by atoms with Gasteiger partial charge in [-0.2, -0.15) is 0 Å². The van der Waals surface area contributed by atoms with Gasteiger partial charge in [-0.3, -0.25) is 0 Å². The quantitative estimate of drug-likeness (QED) is 0.931. The number of aliphatic hydroxyl groups is 1. The third-order valence-electron chi connectivity index (χ3n) is 3.79. The van der Waals surface area contributed by atoms with Crippen LogP contribution >= 0.6 is 11.3 Å². The first kappa shape index (κ1) is 13.6. The highest BCUT2D eigenvalue weighted by molar-refractivity contribution is 7.12. The smallest absolute Gasteiger partial charge is 0.133 e. The van der Waals surface area contributed by atoms with Gasteiger partial charge in [-0.25, -0.2) is 4.39 Å². The lowest BCUT2D eigenvalue weighted by molar-refractivity contribution is 0.218. The van der Waals surface area contributed by atoms with E-state index in [9.17, 15) is 9.50 Å². The van der Waals surface area contributed by atoms with Crippen LogP contribution in [0.15, 0.2) is 24.3 Å². The Morgan fingerprint density at radius 1 is 1.25 bits per heavy atom. The summed E-state index contributed by atoms with van der Waals surface area (Å²) in [5, 5.41) is 10.4. The van der Waals surface area contributed by atoms with E-state index in [-0.39, 0.29) is 0 Å². The van der Waals surface area contributed by atoms with Gasteiger partial charge in [-0.1, -0.05) is 0 Å². The number of halogens is 1. The van der Waals surface area contributed by atoms with E-state index >= 15 is 0 Å². The van der Waals surface area contributed by atoms with Crippen LogP contribution in [-0.4, -0.2) is 12.2 Å². The van der Waals surface area contributed by atoms with Gasteiger partial charge in [0.2, 0.25) is 0 Å². The van der Waals surface area contributed by atoms with Gasteiger partial charge < -0.3 is 9.84 Å². The summed E-state index contributed by atoms with van der Waals surface area (Å²) in [4.78, 5) is 2.18. The molecule has 0 spiro atoms. The molecule has 106 valence electrons. The second kappa shape index (κ2) is 5.54. The summed E-state index contributed by atoms with van der Waals surface area (Å²) in [6, 6.07) is 6.62. The molecule has 1 aliphatic rings. The van der Waals surface area contributed by atoms with E-state index in [1.54, 1.807) is 23.5 Å². The molecule has 1 aromatic carbocycles. The minimum absolute atomic E-state index is 0.310. The van der Waals surface area contributed by atoms with Gasteiger partial charge in [0, 0.05) is 21.4 Å². The van der Waals surface area contributed by atoms with Crippen molar-refractivity contribution in [2.75, 3.05) is 7.11 Å². The van der Waals surface area contributed by atoms with Crippen LogP contribution in [0.2, 0.25) is 0 Å². The number of methoxy groups -OCH3 is 1. The average Bonchev–Trinajstić information content (AvgIpc) is 2.90. The molecule has 1 heterocycles. The Morgan fingerprint density at radius 3 is 2.75 bits per heavy atom. The molecule has 0 amide bonds. The first-order chi connectivity index (χ1) is 9.69. The molecule has 1 N–H and O–H groups in total. The van der Waals surface area contributed by atoms with Crippen molar-refractivity contribution in [1.82, 2.24) is 0 Å². The highest BCUT2D eigenvalue weighted by Gasteiger charge is 2.21. The molecule has 2 nitrogen and oxygen atoms in total. The molecular weight excluding hydrogens is 275 g/mol. The monoisotopic (exact) mass is 292 g/mol. The number of rotatable bonds is 3. The van der Waals surface area contributed by atoms with Gasteiger partial charge in [0.05, 0.1) is 7.11 Å². The van der Waals surface area contributed by atoms with Crippen LogP contribution in [-0.2, 0) is 12.8 Å². The summed E-state index contributed by atoms with van der Waals surface area (Å²) in [6.45, 7) is 0. The largest absolute Gasteiger partial charge is 0.497 e. The summed E-state index contributed by atoms with van der Waals surface area (Å²) in [5.41, 5.74) is 1.63. The fourth-order valence-corrected chi connectivity index (χ4v) is 3.92. The number of hydrogen-bond donors (Lipinski definition) is 1. The Hall–Kier alpha value is -1.39. The molecule has 0 aliphatic heterocycles. The molecule has 4 heteroatoms. The first-order valence-electron chi connectivity index (χ1n) is 6.82. The number of fused-ring (bicyclic) bond motifs is 1. The van der Waals surface area contributed by atoms with Crippen LogP contribution in [0, 0.1) is 5.82 Å². The molecular formula is C16H17FO2S. The Labute approximate surface area is 121 Å². The molecule has 1 aliphatic carbocycles. The zero-order chi connectivity index (χ0) is 14.1. The van der Waals surface area contributed by atoms with Gasteiger partial charge in [-0.15, -0.1) is 11.3 Å². The van der Waals surface area contributed by atoms with E-state index in [0.717, 1.165) is 17.7 Å². The van der Waals surface area contributed by atoms with E-state index in [0.29, 0.717) is 11.3 Å². The van der Waals surface area contributed by atoms with Crippen LogP contribution in [0.5, 0.6) is 5.75 Å². The van der Waals surface area contributed by atoms with Crippen molar-refractivity contribution in [1.29, 1.82) is 0 Å². The number of aliphatic hydroxyl groups excluding tert-OH is 1. The average molecular weight is 292 g/mol. The molecule has 2 aromatic rings. The van der Waals surface area contributed by atoms with Crippen molar-refractivity contribution in [3.63, 3.8) is 0 Å². The standard InChI is InChI=1S/C16H17FO2S/c1-19-11-6-7-12(13(17)9-11)16(18)15-8-10-4-2-3-5-14(10)20-15/h6-9,16,18H,2-5H2,1H3. The molecule has 1 unspecified atom stereocenters. The highest BCUT2D eigenvalue weighted by Crippen LogP contribution is 2.36. The zero-order valence-electron chi connectivity index (χ0n) is 11.4. The van der Waals surface area contributed by atoms with Crippen molar-refractivity contribution in [2.24, 2.45) is 0 Å². The molecule has 0 saturated heterocycles. The van der Waals surface area contributed by atoms with Crippen molar-refractivity contribution in [3.05, 3.63) is 51.0 Å². The maximum absolute atomic E-state index is 14.0. The Bertz CT molecular complexity index is 597. The summed E-state index contributed by atoms with van der Waals surface area (Å²) >= 11 is 1.61. The minimum atomic E-state index is -0.892. The maximum atomic E-state index is 14.0. The summed E-state index contributed by atoms with van der Waals surface area (Å²) in [6.07, 6.45) is 3.67. The van der Waals surface area contributed by atoms with E-state index in [1.807, 2.05) is 6.07 Å². The van der Waals surface area contributed by atoms with Crippen molar-refractivity contribution in [3.8, 4) is 5.75 Å². The van der Waals surface area contributed by atoms with Crippen molar-refractivity contribution in [2.45, 2.75) is 31.8 Å². The van der Waals surface area contributed by atoms with Gasteiger partial charge in [-0.05, 0) is 49.4 Å². The fourth-order valence-electron chi connectivity index (χ4n) is 2.66. The van der Waals surface area contributed by atoms with E-state index in [2.05, 4.69) is 0 Å². The van der Waals surface area contributed by atoms with Gasteiger partial charge in [0.1, 0.15) is 17.7 Å². The Morgan fingerprint density at radius 2 is 2.05 bits per heavy atom. The molecule has 0 saturated carbocycles. The van der Waals surface area contributed by atoms with Gasteiger partial charge in [0.15, 0.2) is 0 Å². The third kappa shape index (κ3) is 2.45. The lowest BCUT2D eigenvalue weighted by Gasteiger charge is -2.11. The number of benzene rings is 1. The highest BCUT2D eigenvalue weighted by atomic mass is 32.1. The third-order valence-corrected chi connectivity index (χ3v) is 5.08.